The predicted octanol–water partition coefficient (Wildman–Crippen LogP) is 4.67. The number of rotatable bonds is 4. The Morgan fingerprint density at radius 1 is 1.26 bits per heavy atom. The Labute approximate surface area is 188 Å². The van der Waals surface area contributed by atoms with Crippen LogP contribution in [-0.4, -0.2) is 25.9 Å². The van der Waals surface area contributed by atoms with Gasteiger partial charge in [0.2, 0.25) is 5.88 Å². The van der Waals surface area contributed by atoms with Crippen molar-refractivity contribution in [3.8, 4) is 11.6 Å². The average molecular weight is 438 g/mol. The highest BCUT2D eigenvalue weighted by Crippen LogP contribution is 2.47. The molecular weight excluding hydrogens is 410 g/mol. The molecular formula is C24H28ClN5O. The molecule has 3 aromatic rings. The van der Waals surface area contributed by atoms with E-state index in [1.54, 1.807) is 6.33 Å². The summed E-state index contributed by atoms with van der Waals surface area (Å²) in [5.74, 6) is 2.03. The van der Waals surface area contributed by atoms with Gasteiger partial charge in [0.1, 0.15) is 12.4 Å². The number of aryl methyl sites for hydroxylation is 1. The molecule has 1 fully saturated rings. The lowest BCUT2D eigenvalue weighted by molar-refractivity contribution is 0.0691. The number of alkyl halides is 1. The van der Waals surface area contributed by atoms with Gasteiger partial charge in [-0.3, -0.25) is 4.57 Å². The molecule has 5 rings (SSSR count). The normalized spacial score (nSPS) is 25.4. The molecule has 1 aliphatic carbocycles. The van der Waals surface area contributed by atoms with Crippen LogP contribution in [0, 0.1) is 12.8 Å². The molecule has 3 heterocycles. The molecule has 1 aliphatic heterocycles. The van der Waals surface area contributed by atoms with Gasteiger partial charge in [0.15, 0.2) is 5.82 Å². The summed E-state index contributed by atoms with van der Waals surface area (Å²) in [7, 11) is 0. The third-order valence-electron chi connectivity index (χ3n) is 6.67. The lowest BCUT2D eigenvalue weighted by Gasteiger charge is -2.41. The maximum absolute atomic E-state index is 7.31. The highest BCUT2D eigenvalue weighted by Gasteiger charge is 2.41. The van der Waals surface area contributed by atoms with Crippen LogP contribution < -0.4 is 10.1 Å². The molecule has 0 radical (unpaired) electrons. The molecule has 3 unspecified atom stereocenters. The summed E-state index contributed by atoms with van der Waals surface area (Å²) in [5, 5.41) is 11.7. The van der Waals surface area contributed by atoms with E-state index < -0.39 is 0 Å². The summed E-state index contributed by atoms with van der Waals surface area (Å²) >= 11 is 7.31. The van der Waals surface area contributed by atoms with Crippen molar-refractivity contribution in [3.05, 3.63) is 65.4 Å². The van der Waals surface area contributed by atoms with Crippen molar-refractivity contribution in [3.63, 3.8) is 0 Å². The number of ether oxygens (including phenoxy) is 1. The summed E-state index contributed by atoms with van der Waals surface area (Å²) in [6, 6.07) is 12.5. The van der Waals surface area contributed by atoms with Gasteiger partial charge in [-0.2, -0.15) is 0 Å². The van der Waals surface area contributed by atoms with Crippen LogP contribution in [0.4, 0.5) is 0 Å². The molecule has 2 aliphatic rings. The third-order valence-corrected chi connectivity index (χ3v) is 7.23. The largest absolute Gasteiger partial charge is 0.474 e. The Bertz CT molecular complexity index is 1080. The van der Waals surface area contributed by atoms with E-state index in [1.165, 1.54) is 11.1 Å². The minimum atomic E-state index is -0.377. The number of nitrogens with one attached hydrogen (secondary N) is 1. The molecule has 0 bridgehead atoms. The zero-order valence-corrected chi connectivity index (χ0v) is 18.8. The van der Waals surface area contributed by atoms with Crippen molar-refractivity contribution >= 4 is 11.6 Å². The van der Waals surface area contributed by atoms with Gasteiger partial charge in [-0.05, 0) is 61.8 Å². The zero-order chi connectivity index (χ0) is 21.4. The van der Waals surface area contributed by atoms with Crippen LogP contribution in [0.25, 0.3) is 5.69 Å². The van der Waals surface area contributed by atoms with E-state index in [2.05, 4.69) is 50.2 Å². The minimum absolute atomic E-state index is 0.147. The molecule has 7 heteroatoms. The van der Waals surface area contributed by atoms with Crippen molar-refractivity contribution < 1.29 is 4.74 Å². The SMILES string of the molecule is CCC1CC(Cl)(c2ccc3c(c2)CNCc2nncn2-3)CCC1Oc1cccc(C)n1. The fourth-order valence-corrected chi connectivity index (χ4v) is 5.37. The minimum Gasteiger partial charge on any atom is -0.474 e. The third kappa shape index (κ3) is 3.94. The van der Waals surface area contributed by atoms with Crippen LogP contribution in [0.1, 0.15) is 55.3 Å². The standard InChI is InChI=1S/C24H28ClN5O/c1-3-17-12-24(25,10-9-21(17)31-23-6-4-5-16(2)28-23)19-7-8-20-18(11-19)13-26-14-22-29-27-15-30(20)22/h4-8,11,15,17,21,26H,3,9-10,12-14H2,1-2H3. The van der Waals surface area contributed by atoms with Crippen LogP contribution in [0.2, 0.25) is 0 Å². The van der Waals surface area contributed by atoms with Crippen molar-refractivity contribution in [2.24, 2.45) is 5.92 Å². The van der Waals surface area contributed by atoms with E-state index in [0.29, 0.717) is 18.3 Å². The van der Waals surface area contributed by atoms with Gasteiger partial charge in [0, 0.05) is 18.3 Å². The van der Waals surface area contributed by atoms with E-state index >= 15 is 0 Å². The van der Waals surface area contributed by atoms with Crippen LogP contribution in [0.5, 0.6) is 5.88 Å². The fourth-order valence-electron chi connectivity index (χ4n) is 4.95. The number of halogens is 1. The predicted molar refractivity (Wildman–Crippen MR) is 120 cm³/mol. The summed E-state index contributed by atoms with van der Waals surface area (Å²) in [6.07, 6.45) is 5.65. The first-order valence-electron chi connectivity index (χ1n) is 11.1. The summed E-state index contributed by atoms with van der Waals surface area (Å²) in [6.45, 7) is 5.72. The number of pyridine rings is 1. The van der Waals surface area contributed by atoms with Crippen molar-refractivity contribution in [1.29, 1.82) is 0 Å². The van der Waals surface area contributed by atoms with E-state index in [9.17, 15) is 0 Å². The van der Waals surface area contributed by atoms with Gasteiger partial charge in [-0.1, -0.05) is 25.1 Å². The second-order valence-electron chi connectivity index (χ2n) is 8.71. The van der Waals surface area contributed by atoms with Crippen LogP contribution in [0.3, 0.4) is 0 Å². The van der Waals surface area contributed by atoms with Crippen LogP contribution in [-0.2, 0) is 18.0 Å². The highest BCUT2D eigenvalue weighted by molar-refractivity contribution is 6.24. The van der Waals surface area contributed by atoms with E-state index in [-0.39, 0.29) is 11.0 Å². The lowest BCUT2D eigenvalue weighted by atomic mass is 9.74. The molecule has 2 aromatic heterocycles. The quantitative estimate of drug-likeness (QED) is 0.601. The molecule has 6 nitrogen and oxygen atoms in total. The Balaban J connectivity index is 1.38. The molecule has 162 valence electrons. The van der Waals surface area contributed by atoms with Gasteiger partial charge in [0.25, 0.3) is 0 Å². The van der Waals surface area contributed by atoms with Crippen LogP contribution in [0.15, 0.2) is 42.7 Å². The van der Waals surface area contributed by atoms with Gasteiger partial charge >= 0.3 is 0 Å². The lowest BCUT2D eigenvalue weighted by Crippen LogP contribution is -2.39. The second-order valence-corrected chi connectivity index (χ2v) is 9.44. The number of hydrogen-bond acceptors (Lipinski definition) is 5. The first-order chi connectivity index (χ1) is 15.1. The van der Waals surface area contributed by atoms with E-state index in [0.717, 1.165) is 49.4 Å². The number of aromatic nitrogens is 4. The van der Waals surface area contributed by atoms with Gasteiger partial charge in [-0.25, -0.2) is 4.98 Å². The Hall–Kier alpha value is -2.44. The van der Waals surface area contributed by atoms with Gasteiger partial charge < -0.3 is 10.1 Å². The number of fused-ring (bicyclic) bond motifs is 3. The van der Waals surface area contributed by atoms with Crippen molar-refractivity contribution in [1.82, 2.24) is 25.1 Å². The molecule has 31 heavy (non-hydrogen) atoms. The molecule has 1 N–H and O–H groups in total. The van der Waals surface area contributed by atoms with E-state index in [4.69, 9.17) is 16.3 Å². The number of benzene rings is 1. The summed E-state index contributed by atoms with van der Waals surface area (Å²) in [5.41, 5.74) is 4.52. The number of nitrogens with zero attached hydrogens (tertiary/aromatic N) is 4. The average Bonchev–Trinajstić information content (AvgIpc) is 3.16. The molecule has 1 aromatic carbocycles. The molecule has 0 amide bonds. The number of hydrogen-bond donors (Lipinski definition) is 1. The van der Waals surface area contributed by atoms with Crippen molar-refractivity contribution in [2.75, 3.05) is 0 Å². The maximum Gasteiger partial charge on any atom is 0.213 e. The van der Waals surface area contributed by atoms with Gasteiger partial charge in [-0.15, -0.1) is 21.8 Å². The first-order valence-corrected chi connectivity index (χ1v) is 11.5. The summed E-state index contributed by atoms with van der Waals surface area (Å²) < 4.78 is 8.37. The Morgan fingerprint density at radius 2 is 2.16 bits per heavy atom. The molecule has 3 atom stereocenters. The monoisotopic (exact) mass is 437 g/mol. The Morgan fingerprint density at radius 3 is 3.00 bits per heavy atom. The Kier molecular flexibility index (Phi) is 5.44. The molecule has 1 saturated carbocycles. The highest BCUT2D eigenvalue weighted by atomic mass is 35.5. The van der Waals surface area contributed by atoms with Crippen molar-refractivity contribution in [2.45, 2.75) is 63.6 Å². The summed E-state index contributed by atoms with van der Waals surface area (Å²) in [4.78, 5) is 4.15. The fraction of sp³-hybridized carbons (Fsp3) is 0.458. The van der Waals surface area contributed by atoms with E-state index in [1.807, 2.05) is 25.1 Å². The molecule has 0 saturated heterocycles. The zero-order valence-electron chi connectivity index (χ0n) is 18.0. The topological polar surface area (TPSA) is 64.9 Å². The first kappa shape index (κ1) is 20.5. The van der Waals surface area contributed by atoms with Gasteiger partial charge in [0.05, 0.1) is 17.1 Å². The molecule has 0 spiro atoms. The maximum atomic E-state index is 7.31. The van der Waals surface area contributed by atoms with Crippen LogP contribution >= 0.6 is 11.6 Å². The smallest absolute Gasteiger partial charge is 0.213 e. The second kappa shape index (κ2) is 8.24.